The molecule has 1 amide bonds. The minimum atomic E-state index is -0.0863. The monoisotopic (exact) mass is 253 g/mol. The van der Waals surface area contributed by atoms with Gasteiger partial charge in [0.25, 0.3) is 5.91 Å². The summed E-state index contributed by atoms with van der Waals surface area (Å²) >= 11 is 0. The fourth-order valence-electron chi connectivity index (χ4n) is 2.19. The average Bonchev–Trinajstić information content (AvgIpc) is 2.69. The normalized spacial score (nSPS) is 17.2. The van der Waals surface area contributed by atoms with Crippen LogP contribution in [0.15, 0.2) is 4.42 Å². The van der Waals surface area contributed by atoms with Gasteiger partial charge in [-0.05, 0) is 6.92 Å². The zero-order chi connectivity index (χ0) is 13.1. The molecule has 100 valence electrons. The molecule has 6 heteroatoms. The Morgan fingerprint density at radius 1 is 1.33 bits per heavy atom. The second-order valence-electron chi connectivity index (χ2n) is 4.50. The Labute approximate surface area is 106 Å². The van der Waals surface area contributed by atoms with Crippen LogP contribution in [0.25, 0.3) is 0 Å². The van der Waals surface area contributed by atoms with Crippen LogP contribution in [0, 0.1) is 13.8 Å². The van der Waals surface area contributed by atoms with Crippen molar-refractivity contribution >= 4 is 5.91 Å². The number of amides is 1. The Morgan fingerprint density at radius 2 is 2.00 bits per heavy atom. The first kappa shape index (κ1) is 13.0. The summed E-state index contributed by atoms with van der Waals surface area (Å²) in [5.74, 6) is 0.787. The number of carbonyl (C=O) groups is 1. The molecule has 1 aliphatic rings. The SMILES string of the molecule is Cc1nc(C)c(C(=O)N2CCN(CCO)CC2)o1. The van der Waals surface area contributed by atoms with E-state index in [2.05, 4.69) is 9.88 Å². The number of β-amino-alcohol motifs (C(OH)–C–C–N with tert-alkyl or cyclic N) is 1. The molecular formula is C12H19N3O3. The topological polar surface area (TPSA) is 69.8 Å². The third-order valence-corrected chi connectivity index (χ3v) is 3.17. The smallest absolute Gasteiger partial charge is 0.291 e. The van der Waals surface area contributed by atoms with E-state index in [1.165, 1.54) is 0 Å². The van der Waals surface area contributed by atoms with Gasteiger partial charge in [0.1, 0.15) is 0 Å². The van der Waals surface area contributed by atoms with Crippen LogP contribution >= 0.6 is 0 Å². The molecule has 1 N–H and O–H groups in total. The van der Waals surface area contributed by atoms with Crippen LogP contribution in [0.4, 0.5) is 0 Å². The van der Waals surface area contributed by atoms with Crippen molar-refractivity contribution in [3.05, 3.63) is 17.3 Å². The van der Waals surface area contributed by atoms with Gasteiger partial charge in [0.2, 0.25) is 5.76 Å². The number of aliphatic hydroxyl groups excluding tert-OH is 1. The number of aryl methyl sites for hydroxylation is 2. The summed E-state index contributed by atoms with van der Waals surface area (Å²) in [6.07, 6.45) is 0. The maximum absolute atomic E-state index is 12.2. The summed E-state index contributed by atoms with van der Waals surface area (Å²) in [6, 6.07) is 0. The molecule has 0 atom stereocenters. The molecule has 0 radical (unpaired) electrons. The highest BCUT2D eigenvalue weighted by Crippen LogP contribution is 2.14. The van der Waals surface area contributed by atoms with E-state index >= 15 is 0 Å². The van der Waals surface area contributed by atoms with Crippen LogP contribution in [0.1, 0.15) is 22.1 Å². The predicted molar refractivity (Wildman–Crippen MR) is 65.4 cm³/mol. The first-order chi connectivity index (χ1) is 8.61. The standard InChI is InChI=1S/C12H19N3O3/c1-9-11(18-10(2)13-9)12(17)15-5-3-14(4-6-15)7-8-16/h16H,3-8H2,1-2H3. The summed E-state index contributed by atoms with van der Waals surface area (Å²) in [7, 11) is 0. The fraction of sp³-hybridized carbons (Fsp3) is 0.667. The number of carbonyl (C=O) groups excluding carboxylic acids is 1. The zero-order valence-corrected chi connectivity index (χ0v) is 10.8. The number of hydrogen-bond donors (Lipinski definition) is 1. The van der Waals surface area contributed by atoms with E-state index in [-0.39, 0.29) is 12.5 Å². The molecule has 1 aromatic heterocycles. The van der Waals surface area contributed by atoms with E-state index in [0.29, 0.717) is 37.0 Å². The van der Waals surface area contributed by atoms with Crippen LogP contribution in [0.2, 0.25) is 0 Å². The molecule has 1 saturated heterocycles. The van der Waals surface area contributed by atoms with Crippen molar-refractivity contribution in [2.45, 2.75) is 13.8 Å². The van der Waals surface area contributed by atoms with E-state index in [4.69, 9.17) is 9.52 Å². The largest absolute Gasteiger partial charge is 0.436 e. The lowest BCUT2D eigenvalue weighted by Crippen LogP contribution is -2.49. The molecule has 1 aromatic rings. The van der Waals surface area contributed by atoms with Crippen molar-refractivity contribution in [3.63, 3.8) is 0 Å². The maximum atomic E-state index is 12.2. The summed E-state index contributed by atoms with van der Waals surface area (Å²) in [5.41, 5.74) is 0.648. The molecule has 0 aliphatic carbocycles. The number of nitrogens with zero attached hydrogens (tertiary/aromatic N) is 3. The van der Waals surface area contributed by atoms with E-state index in [9.17, 15) is 4.79 Å². The van der Waals surface area contributed by atoms with E-state index < -0.39 is 0 Å². The van der Waals surface area contributed by atoms with Crippen molar-refractivity contribution in [1.29, 1.82) is 0 Å². The molecule has 0 saturated carbocycles. The number of rotatable bonds is 3. The van der Waals surface area contributed by atoms with Crippen molar-refractivity contribution < 1.29 is 14.3 Å². The number of hydrogen-bond acceptors (Lipinski definition) is 5. The molecule has 0 bridgehead atoms. The second kappa shape index (κ2) is 5.49. The lowest BCUT2D eigenvalue weighted by atomic mass is 10.2. The van der Waals surface area contributed by atoms with Crippen LogP contribution in [-0.2, 0) is 0 Å². The first-order valence-electron chi connectivity index (χ1n) is 6.18. The third kappa shape index (κ3) is 2.70. The molecular weight excluding hydrogens is 234 g/mol. The summed E-state index contributed by atoms with van der Waals surface area (Å²) in [4.78, 5) is 20.3. The Kier molecular flexibility index (Phi) is 3.98. The number of aromatic nitrogens is 1. The first-order valence-corrected chi connectivity index (χ1v) is 6.18. The third-order valence-electron chi connectivity index (χ3n) is 3.17. The van der Waals surface area contributed by atoms with Gasteiger partial charge in [-0.3, -0.25) is 9.69 Å². The molecule has 18 heavy (non-hydrogen) atoms. The number of aliphatic hydroxyl groups is 1. The van der Waals surface area contributed by atoms with E-state index in [0.717, 1.165) is 13.1 Å². The van der Waals surface area contributed by atoms with Gasteiger partial charge in [0.05, 0.1) is 12.3 Å². The molecule has 2 rings (SSSR count). The summed E-state index contributed by atoms with van der Waals surface area (Å²) in [6.45, 7) is 7.26. The van der Waals surface area contributed by atoms with Gasteiger partial charge < -0.3 is 14.4 Å². The summed E-state index contributed by atoms with van der Waals surface area (Å²) < 4.78 is 5.35. The van der Waals surface area contributed by atoms with Crippen molar-refractivity contribution in [2.24, 2.45) is 0 Å². The predicted octanol–water partition coefficient (Wildman–Crippen LogP) is 0.0415. The van der Waals surface area contributed by atoms with Crippen molar-refractivity contribution in [3.8, 4) is 0 Å². The highest BCUT2D eigenvalue weighted by molar-refractivity contribution is 5.92. The Bertz CT molecular complexity index is 422. The van der Waals surface area contributed by atoms with Crippen LogP contribution in [0.3, 0.4) is 0 Å². The van der Waals surface area contributed by atoms with Gasteiger partial charge >= 0.3 is 0 Å². The Hall–Kier alpha value is -1.40. The molecule has 2 heterocycles. The van der Waals surface area contributed by atoms with E-state index in [1.54, 1.807) is 18.7 Å². The molecule has 0 aromatic carbocycles. The lowest BCUT2D eigenvalue weighted by Gasteiger charge is -2.33. The summed E-state index contributed by atoms with van der Waals surface area (Å²) in [5, 5.41) is 8.87. The molecule has 0 unspecified atom stereocenters. The van der Waals surface area contributed by atoms with Crippen LogP contribution < -0.4 is 0 Å². The van der Waals surface area contributed by atoms with Gasteiger partial charge in [0.15, 0.2) is 5.89 Å². The Morgan fingerprint density at radius 3 is 2.50 bits per heavy atom. The quantitative estimate of drug-likeness (QED) is 0.823. The molecule has 6 nitrogen and oxygen atoms in total. The van der Waals surface area contributed by atoms with Crippen molar-refractivity contribution in [2.75, 3.05) is 39.3 Å². The zero-order valence-electron chi connectivity index (χ0n) is 10.8. The van der Waals surface area contributed by atoms with Gasteiger partial charge in [-0.25, -0.2) is 4.98 Å². The van der Waals surface area contributed by atoms with Gasteiger partial charge in [0, 0.05) is 39.6 Å². The van der Waals surface area contributed by atoms with Gasteiger partial charge in [-0.1, -0.05) is 0 Å². The number of oxazole rings is 1. The lowest BCUT2D eigenvalue weighted by molar-refractivity contribution is 0.0583. The Balaban J connectivity index is 1.97. The number of piperazine rings is 1. The van der Waals surface area contributed by atoms with Crippen LogP contribution in [0.5, 0.6) is 0 Å². The second-order valence-corrected chi connectivity index (χ2v) is 4.50. The highest BCUT2D eigenvalue weighted by Gasteiger charge is 2.25. The average molecular weight is 253 g/mol. The molecule has 0 spiro atoms. The van der Waals surface area contributed by atoms with E-state index in [1.807, 2.05) is 0 Å². The van der Waals surface area contributed by atoms with Gasteiger partial charge in [-0.15, -0.1) is 0 Å². The maximum Gasteiger partial charge on any atom is 0.291 e. The molecule has 1 aliphatic heterocycles. The van der Waals surface area contributed by atoms with Crippen LogP contribution in [-0.4, -0.2) is 65.1 Å². The minimum absolute atomic E-state index is 0.0863. The fourth-order valence-corrected chi connectivity index (χ4v) is 2.19. The van der Waals surface area contributed by atoms with Gasteiger partial charge in [-0.2, -0.15) is 0 Å². The highest BCUT2D eigenvalue weighted by atomic mass is 16.4. The van der Waals surface area contributed by atoms with Crippen molar-refractivity contribution in [1.82, 2.24) is 14.8 Å². The molecule has 1 fully saturated rings. The minimum Gasteiger partial charge on any atom is -0.436 e.